The van der Waals surface area contributed by atoms with Crippen molar-refractivity contribution in [3.05, 3.63) is 18.2 Å². The van der Waals surface area contributed by atoms with Crippen molar-refractivity contribution in [1.82, 2.24) is 0 Å². The van der Waals surface area contributed by atoms with Crippen LogP contribution in [0, 0.1) is 5.92 Å². The topological polar surface area (TPSA) is 108 Å². The second-order valence-corrected chi connectivity index (χ2v) is 5.42. The SMILES string of the molecule is COc1ccc(N2C[C@H](C(=O)O[C@@H](C)C(N)=O)CC2=O)c(OC)c1. The van der Waals surface area contributed by atoms with Crippen LogP contribution in [0.15, 0.2) is 18.2 Å². The van der Waals surface area contributed by atoms with E-state index < -0.39 is 23.9 Å². The van der Waals surface area contributed by atoms with Gasteiger partial charge in [-0.3, -0.25) is 14.4 Å². The number of esters is 1. The van der Waals surface area contributed by atoms with Gasteiger partial charge in [-0.15, -0.1) is 0 Å². The monoisotopic (exact) mass is 336 g/mol. The maximum absolute atomic E-state index is 12.3. The Morgan fingerprint density at radius 2 is 2.00 bits per heavy atom. The maximum Gasteiger partial charge on any atom is 0.312 e. The average Bonchev–Trinajstić information content (AvgIpc) is 2.95. The lowest BCUT2D eigenvalue weighted by Crippen LogP contribution is -2.33. The Bertz CT molecular complexity index is 660. The summed E-state index contributed by atoms with van der Waals surface area (Å²) < 4.78 is 15.4. The summed E-state index contributed by atoms with van der Waals surface area (Å²) in [5.41, 5.74) is 5.62. The minimum Gasteiger partial charge on any atom is -0.497 e. The van der Waals surface area contributed by atoms with Crippen molar-refractivity contribution in [3.8, 4) is 11.5 Å². The molecule has 130 valence electrons. The van der Waals surface area contributed by atoms with E-state index in [4.69, 9.17) is 19.9 Å². The van der Waals surface area contributed by atoms with E-state index in [-0.39, 0.29) is 18.9 Å². The molecule has 0 saturated carbocycles. The third-order valence-corrected chi connectivity index (χ3v) is 3.83. The fourth-order valence-corrected chi connectivity index (χ4v) is 2.43. The molecular weight excluding hydrogens is 316 g/mol. The quantitative estimate of drug-likeness (QED) is 0.757. The van der Waals surface area contributed by atoms with Crippen molar-refractivity contribution in [2.75, 3.05) is 25.7 Å². The third-order valence-electron chi connectivity index (χ3n) is 3.83. The second kappa shape index (κ2) is 7.20. The van der Waals surface area contributed by atoms with Crippen LogP contribution in [-0.2, 0) is 19.1 Å². The van der Waals surface area contributed by atoms with Crippen LogP contribution in [0.1, 0.15) is 13.3 Å². The molecule has 2 atom stereocenters. The summed E-state index contributed by atoms with van der Waals surface area (Å²) >= 11 is 0. The van der Waals surface area contributed by atoms with Crippen LogP contribution in [0.2, 0.25) is 0 Å². The smallest absolute Gasteiger partial charge is 0.312 e. The third kappa shape index (κ3) is 3.58. The molecule has 2 N–H and O–H groups in total. The minimum atomic E-state index is -1.03. The molecule has 1 aliphatic rings. The Morgan fingerprint density at radius 1 is 1.29 bits per heavy atom. The lowest BCUT2D eigenvalue weighted by atomic mass is 10.1. The van der Waals surface area contributed by atoms with Gasteiger partial charge in [-0.1, -0.05) is 0 Å². The molecule has 0 unspecified atom stereocenters. The van der Waals surface area contributed by atoms with Gasteiger partial charge in [0.25, 0.3) is 5.91 Å². The second-order valence-electron chi connectivity index (χ2n) is 5.42. The van der Waals surface area contributed by atoms with Crippen LogP contribution in [0.4, 0.5) is 5.69 Å². The number of primary amides is 1. The Kier molecular flexibility index (Phi) is 5.28. The Labute approximate surface area is 139 Å². The van der Waals surface area contributed by atoms with E-state index in [0.29, 0.717) is 17.2 Å². The van der Waals surface area contributed by atoms with Crippen molar-refractivity contribution in [2.24, 2.45) is 11.7 Å². The molecular formula is C16H20N2O6. The largest absolute Gasteiger partial charge is 0.497 e. The summed E-state index contributed by atoms with van der Waals surface area (Å²) in [4.78, 5) is 36.8. The Hall–Kier alpha value is -2.77. The van der Waals surface area contributed by atoms with Crippen molar-refractivity contribution in [2.45, 2.75) is 19.4 Å². The minimum absolute atomic E-state index is 0.000497. The number of hydrogen-bond donors (Lipinski definition) is 1. The number of nitrogens with zero attached hydrogens (tertiary/aromatic N) is 1. The van der Waals surface area contributed by atoms with Gasteiger partial charge in [0.05, 0.1) is 25.8 Å². The molecule has 2 rings (SSSR count). The van der Waals surface area contributed by atoms with E-state index in [2.05, 4.69) is 0 Å². The zero-order valence-corrected chi connectivity index (χ0v) is 13.8. The predicted molar refractivity (Wildman–Crippen MR) is 84.8 cm³/mol. The first-order chi connectivity index (χ1) is 11.4. The Balaban J connectivity index is 2.15. The standard InChI is InChI=1S/C16H20N2O6/c1-9(15(17)20)24-16(21)10-6-14(19)18(8-10)12-5-4-11(22-2)7-13(12)23-3/h4-5,7,9-10H,6,8H2,1-3H3,(H2,17,20)/t9-,10+/m0/s1. The van der Waals surface area contributed by atoms with Crippen molar-refractivity contribution in [1.29, 1.82) is 0 Å². The zero-order chi connectivity index (χ0) is 17.9. The number of carbonyl (C=O) groups is 3. The summed E-state index contributed by atoms with van der Waals surface area (Å²) in [6.07, 6.45) is -1.03. The van der Waals surface area contributed by atoms with Crippen LogP contribution >= 0.6 is 0 Å². The summed E-state index contributed by atoms with van der Waals surface area (Å²) in [5.74, 6) is -1.19. The number of anilines is 1. The van der Waals surface area contributed by atoms with Gasteiger partial charge in [-0.05, 0) is 19.1 Å². The molecule has 8 nitrogen and oxygen atoms in total. The molecule has 1 aromatic carbocycles. The number of methoxy groups -OCH3 is 2. The molecule has 0 spiro atoms. The number of hydrogen-bond acceptors (Lipinski definition) is 6. The van der Waals surface area contributed by atoms with E-state index in [1.807, 2.05) is 0 Å². The maximum atomic E-state index is 12.3. The first-order valence-electron chi connectivity index (χ1n) is 7.39. The fraction of sp³-hybridized carbons (Fsp3) is 0.438. The molecule has 1 heterocycles. The lowest BCUT2D eigenvalue weighted by Gasteiger charge is -2.20. The molecule has 1 saturated heterocycles. The van der Waals surface area contributed by atoms with E-state index >= 15 is 0 Å². The van der Waals surface area contributed by atoms with Crippen LogP contribution < -0.4 is 20.1 Å². The zero-order valence-electron chi connectivity index (χ0n) is 13.8. The molecule has 8 heteroatoms. The first kappa shape index (κ1) is 17.6. The predicted octanol–water partition coefficient (Wildman–Crippen LogP) is 0.474. The van der Waals surface area contributed by atoms with Gasteiger partial charge in [-0.25, -0.2) is 0 Å². The molecule has 1 aliphatic heterocycles. The lowest BCUT2D eigenvalue weighted by molar-refractivity contribution is -0.157. The van der Waals surface area contributed by atoms with E-state index in [0.717, 1.165) is 0 Å². The molecule has 1 aromatic rings. The number of nitrogens with two attached hydrogens (primary N) is 1. The number of carbonyl (C=O) groups excluding carboxylic acids is 3. The highest BCUT2D eigenvalue weighted by Crippen LogP contribution is 2.36. The van der Waals surface area contributed by atoms with Gasteiger partial charge in [0.1, 0.15) is 11.5 Å². The van der Waals surface area contributed by atoms with Crippen LogP contribution in [0.3, 0.4) is 0 Å². The van der Waals surface area contributed by atoms with Crippen molar-refractivity contribution >= 4 is 23.5 Å². The van der Waals surface area contributed by atoms with Crippen LogP contribution in [-0.4, -0.2) is 44.7 Å². The summed E-state index contributed by atoms with van der Waals surface area (Å²) in [5, 5.41) is 0. The number of benzene rings is 1. The fourth-order valence-electron chi connectivity index (χ4n) is 2.43. The summed E-state index contributed by atoms with van der Waals surface area (Å²) in [6.45, 7) is 1.53. The highest BCUT2D eigenvalue weighted by atomic mass is 16.5. The highest BCUT2D eigenvalue weighted by molar-refractivity contribution is 6.00. The van der Waals surface area contributed by atoms with Gasteiger partial charge in [0.15, 0.2) is 6.10 Å². The Morgan fingerprint density at radius 3 is 2.58 bits per heavy atom. The average molecular weight is 336 g/mol. The normalized spacial score (nSPS) is 18.2. The molecule has 0 bridgehead atoms. The van der Waals surface area contributed by atoms with E-state index in [1.54, 1.807) is 18.2 Å². The number of ether oxygens (including phenoxy) is 3. The van der Waals surface area contributed by atoms with Crippen LogP contribution in [0.25, 0.3) is 0 Å². The van der Waals surface area contributed by atoms with Gasteiger partial charge in [0.2, 0.25) is 5.91 Å². The van der Waals surface area contributed by atoms with Gasteiger partial charge in [-0.2, -0.15) is 0 Å². The van der Waals surface area contributed by atoms with Gasteiger partial charge in [0, 0.05) is 19.0 Å². The van der Waals surface area contributed by atoms with Crippen molar-refractivity contribution in [3.63, 3.8) is 0 Å². The molecule has 0 radical (unpaired) electrons. The van der Waals surface area contributed by atoms with Gasteiger partial charge >= 0.3 is 5.97 Å². The summed E-state index contributed by atoms with van der Waals surface area (Å²) in [7, 11) is 3.01. The molecule has 0 aliphatic carbocycles. The van der Waals surface area contributed by atoms with E-state index in [9.17, 15) is 14.4 Å². The molecule has 1 fully saturated rings. The van der Waals surface area contributed by atoms with Crippen LogP contribution in [0.5, 0.6) is 11.5 Å². The molecule has 24 heavy (non-hydrogen) atoms. The number of amides is 2. The number of rotatable bonds is 6. The highest BCUT2D eigenvalue weighted by Gasteiger charge is 2.38. The van der Waals surface area contributed by atoms with E-state index in [1.165, 1.54) is 26.0 Å². The first-order valence-corrected chi connectivity index (χ1v) is 7.39. The molecule has 2 amide bonds. The van der Waals surface area contributed by atoms with Crippen molar-refractivity contribution < 1.29 is 28.6 Å². The molecule has 0 aromatic heterocycles. The summed E-state index contributed by atoms with van der Waals surface area (Å²) in [6, 6.07) is 5.05. The van der Waals surface area contributed by atoms with Gasteiger partial charge < -0.3 is 24.8 Å².